The second kappa shape index (κ2) is 4.46. The summed E-state index contributed by atoms with van der Waals surface area (Å²) in [7, 11) is 0. The lowest BCUT2D eigenvalue weighted by atomic mass is 9.70. The Morgan fingerprint density at radius 2 is 1.79 bits per heavy atom. The van der Waals surface area contributed by atoms with Gasteiger partial charge in [-0.15, -0.1) is 0 Å². The largest absolute Gasteiger partial charge is 0.368 e. The van der Waals surface area contributed by atoms with Gasteiger partial charge in [-0.3, -0.25) is 0 Å². The lowest BCUT2D eigenvalue weighted by Crippen LogP contribution is -2.39. The smallest absolute Gasteiger partial charge is 0.157 e. The van der Waals surface area contributed by atoms with Crippen LogP contribution in [0.5, 0.6) is 0 Å². The molecule has 19 heavy (non-hydrogen) atoms. The summed E-state index contributed by atoms with van der Waals surface area (Å²) >= 11 is 0. The van der Waals surface area contributed by atoms with Crippen LogP contribution in [0.3, 0.4) is 0 Å². The molecule has 4 aliphatic carbocycles. The van der Waals surface area contributed by atoms with Crippen LogP contribution in [0.4, 0.5) is 0 Å². The fraction of sp³-hybridized carbons (Fsp3) is 1.00. The van der Waals surface area contributed by atoms with Crippen molar-refractivity contribution in [3.63, 3.8) is 0 Å². The maximum absolute atomic E-state index is 10.2. The minimum absolute atomic E-state index is 0.273. The zero-order chi connectivity index (χ0) is 13.1. The summed E-state index contributed by atoms with van der Waals surface area (Å²) in [6, 6.07) is 0. The van der Waals surface area contributed by atoms with Gasteiger partial charge in [0, 0.05) is 5.92 Å². The van der Waals surface area contributed by atoms with E-state index in [2.05, 4.69) is 13.8 Å². The normalized spacial score (nSPS) is 53.5. The molecule has 4 bridgehead atoms. The Bertz CT molecular complexity index is 355. The van der Waals surface area contributed by atoms with Crippen molar-refractivity contribution in [2.75, 3.05) is 0 Å². The lowest BCUT2D eigenvalue weighted by molar-refractivity contribution is -0.183. The Hall–Kier alpha value is -0.0800. The van der Waals surface area contributed by atoms with Gasteiger partial charge in [0.1, 0.15) is 0 Å². The zero-order valence-corrected chi connectivity index (χ0v) is 12.3. The number of fused-ring (bicyclic) bond motifs is 9. The van der Waals surface area contributed by atoms with Crippen LogP contribution in [-0.2, 0) is 4.74 Å². The Balaban J connectivity index is 1.45. The summed E-state index contributed by atoms with van der Waals surface area (Å²) in [5.41, 5.74) is 0. The van der Waals surface area contributed by atoms with E-state index >= 15 is 0 Å². The fourth-order valence-electron chi connectivity index (χ4n) is 6.18. The molecule has 0 saturated heterocycles. The van der Waals surface area contributed by atoms with E-state index in [-0.39, 0.29) is 5.92 Å². The summed E-state index contributed by atoms with van der Waals surface area (Å²) in [6.07, 6.45) is 7.98. The van der Waals surface area contributed by atoms with Crippen LogP contribution in [-0.4, -0.2) is 17.5 Å². The number of rotatable bonds is 4. The molecule has 2 heteroatoms. The van der Waals surface area contributed by atoms with Gasteiger partial charge in [-0.25, -0.2) is 0 Å². The number of aliphatic hydroxyl groups is 1. The van der Waals surface area contributed by atoms with Gasteiger partial charge in [-0.1, -0.05) is 13.8 Å². The molecule has 4 saturated carbocycles. The van der Waals surface area contributed by atoms with Gasteiger partial charge >= 0.3 is 0 Å². The molecule has 9 atom stereocenters. The second-order valence-corrected chi connectivity index (χ2v) is 7.83. The summed E-state index contributed by atoms with van der Waals surface area (Å²) in [4.78, 5) is 0. The molecular weight excluding hydrogens is 236 g/mol. The summed E-state index contributed by atoms with van der Waals surface area (Å²) in [5.74, 6) is 6.07. The SMILES string of the molecule is CCC(C)C(O)OC1CC2CC1C1C3CCC(C3)C21. The third-order valence-corrected chi connectivity index (χ3v) is 7.12. The number of aliphatic hydroxyl groups excluding tert-OH is 1. The molecule has 4 fully saturated rings. The van der Waals surface area contributed by atoms with Gasteiger partial charge < -0.3 is 9.84 Å². The molecule has 0 aromatic carbocycles. The number of hydrogen-bond acceptors (Lipinski definition) is 2. The first-order valence-corrected chi connectivity index (χ1v) is 8.52. The Labute approximate surface area is 116 Å². The van der Waals surface area contributed by atoms with Crippen molar-refractivity contribution in [2.45, 2.75) is 64.8 Å². The predicted molar refractivity (Wildman–Crippen MR) is 74.4 cm³/mol. The minimum atomic E-state index is -0.536. The van der Waals surface area contributed by atoms with E-state index in [1.165, 1.54) is 32.1 Å². The third-order valence-electron chi connectivity index (χ3n) is 7.12. The van der Waals surface area contributed by atoms with Gasteiger partial charge in [-0.05, 0) is 74.0 Å². The average molecular weight is 264 g/mol. The molecule has 108 valence electrons. The van der Waals surface area contributed by atoms with Crippen molar-refractivity contribution in [1.82, 2.24) is 0 Å². The van der Waals surface area contributed by atoms with Crippen molar-refractivity contribution in [3.05, 3.63) is 0 Å². The maximum Gasteiger partial charge on any atom is 0.157 e. The van der Waals surface area contributed by atoms with Gasteiger partial charge in [0.15, 0.2) is 6.29 Å². The Morgan fingerprint density at radius 1 is 1.05 bits per heavy atom. The highest BCUT2D eigenvalue weighted by molar-refractivity contribution is 5.11. The molecule has 0 aromatic heterocycles. The first-order valence-electron chi connectivity index (χ1n) is 8.52. The number of ether oxygens (including phenoxy) is 1. The van der Waals surface area contributed by atoms with Crippen LogP contribution in [0.25, 0.3) is 0 Å². The van der Waals surface area contributed by atoms with E-state index in [9.17, 15) is 5.11 Å². The van der Waals surface area contributed by atoms with Gasteiger partial charge in [0.05, 0.1) is 6.10 Å². The molecule has 4 aliphatic rings. The van der Waals surface area contributed by atoms with Crippen molar-refractivity contribution in [1.29, 1.82) is 0 Å². The quantitative estimate of drug-likeness (QED) is 0.622. The summed E-state index contributed by atoms with van der Waals surface area (Å²) in [5, 5.41) is 10.2. The maximum atomic E-state index is 10.2. The van der Waals surface area contributed by atoms with E-state index in [0.29, 0.717) is 6.10 Å². The first kappa shape index (κ1) is 12.6. The second-order valence-electron chi connectivity index (χ2n) is 7.83. The van der Waals surface area contributed by atoms with Crippen molar-refractivity contribution in [2.24, 2.45) is 41.4 Å². The van der Waals surface area contributed by atoms with Crippen molar-refractivity contribution >= 4 is 0 Å². The van der Waals surface area contributed by atoms with Crippen molar-refractivity contribution < 1.29 is 9.84 Å². The molecule has 0 aromatic rings. The highest BCUT2D eigenvalue weighted by Crippen LogP contribution is 2.67. The Kier molecular flexibility index (Phi) is 2.97. The van der Waals surface area contributed by atoms with E-state index in [1.54, 1.807) is 0 Å². The van der Waals surface area contributed by atoms with Crippen LogP contribution >= 0.6 is 0 Å². The van der Waals surface area contributed by atoms with E-state index in [1.807, 2.05) is 0 Å². The fourth-order valence-corrected chi connectivity index (χ4v) is 6.18. The molecule has 0 spiro atoms. The third kappa shape index (κ3) is 1.75. The Morgan fingerprint density at radius 3 is 2.53 bits per heavy atom. The highest BCUT2D eigenvalue weighted by atomic mass is 16.6. The molecule has 0 amide bonds. The topological polar surface area (TPSA) is 29.5 Å². The minimum Gasteiger partial charge on any atom is -0.368 e. The molecule has 2 nitrogen and oxygen atoms in total. The summed E-state index contributed by atoms with van der Waals surface area (Å²) < 4.78 is 6.07. The van der Waals surface area contributed by atoms with Gasteiger partial charge in [0.25, 0.3) is 0 Å². The molecule has 0 radical (unpaired) electrons. The first-order chi connectivity index (χ1) is 9.19. The van der Waals surface area contributed by atoms with E-state index in [0.717, 1.165) is 41.9 Å². The van der Waals surface area contributed by atoms with E-state index < -0.39 is 6.29 Å². The zero-order valence-electron chi connectivity index (χ0n) is 12.3. The standard InChI is InChI=1S/C17H28O2/c1-3-9(2)17(18)19-14-8-12-7-13(14)16-11-5-4-10(6-11)15(12)16/h9-18H,3-8H2,1-2H3. The number of hydrogen-bond donors (Lipinski definition) is 1. The molecule has 1 N–H and O–H groups in total. The van der Waals surface area contributed by atoms with Crippen LogP contribution < -0.4 is 0 Å². The molecule has 4 rings (SSSR count). The van der Waals surface area contributed by atoms with Crippen LogP contribution in [0.15, 0.2) is 0 Å². The average Bonchev–Trinajstić information content (AvgIpc) is 3.14. The highest BCUT2D eigenvalue weighted by Gasteiger charge is 2.62. The van der Waals surface area contributed by atoms with Crippen molar-refractivity contribution in [3.8, 4) is 0 Å². The van der Waals surface area contributed by atoms with Gasteiger partial charge in [-0.2, -0.15) is 0 Å². The molecular formula is C17H28O2. The molecule has 0 aliphatic heterocycles. The van der Waals surface area contributed by atoms with Crippen LogP contribution in [0, 0.1) is 41.4 Å². The molecule has 9 unspecified atom stereocenters. The summed E-state index contributed by atoms with van der Waals surface area (Å²) in [6.45, 7) is 4.22. The van der Waals surface area contributed by atoms with E-state index in [4.69, 9.17) is 4.74 Å². The van der Waals surface area contributed by atoms with Gasteiger partial charge in [0.2, 0.25) is 0 Å². The monoisotopic (exact) mass is 264 g/mol. The lowest BCUT2D eigenvalue weighted by Gasteiger charge is -2.39. The van der Waals surface area contributed by atoms with Crippen LogP contribution in [0.2, 0.25) is 0 Å². The predicted octanol–water partition coefficient (Wildman–Crippen LogP) is 3.44. The van der Waals surface area contributed by atoms with Crippen LogP contribution in [0.1, 0.15) is 52.4 Å². The molecule has 0 heterocycles.